The van der Waals surface area contributed by atoms with Gasteiger partial charge in [0.1, 0.15) is 0 Å². The largest absolute Gasteiger partial charge is 0.464 e. The van der Waals surface area contributed by atoms with E-state index in [1.807, 2.05) is 0 Å². The predicted octanol–water partition coefficient (Wildman–Crippen LogP) is -0.653. The lowest BCUT2D eigenvalue weighted by atomic mass is 10.3. The minimum Gasteiger partial charge on any atom is -0.464 e. The maximum Gasteiger partial charge on any atom is 0.360 e. The number of esters is 1. The lowest BCUT2D eigenvalue weighted by Crippen LogP contribution is -2.25. The van der Waals surface area contributed by atoms with Crippen molar-refractivity contribution in [2.24, 2.45) is 0 Å². The molecular formula is C10H16N4O4. The highest BCUT2D eigenvalue weighted by molar-refractivity contribution is 5.88. The van der Waals surface area contributed by atoms with Gasteiger partial charge in [-0.1, -0.05) is 5.21 Å². The molecule has 18 heavy (non-hydrogen) atoms. The van der Waals surface area contributed by atoms with Gasteiger partial charge in [-0.3, -0.25) is 4.79 Å². The van der Waals surface area contributed by atoms with E-state index >= 15 is 0 Å². The van der Waals surface area contributed by atoms with Crippen LogP contribution in [0.3, 0.4) is 0 Å². The lowest BCUT2D eigenvalue weighted by Gasteiger charge is -2.06. The van der Waals surface area contributed by atoms with Crippen LogP contribution in [0.5, 0.6) is 0 Å². The van der Waals surface area contributed by atoms with Crippen molar-refractivity contribution >= 4 is 11.9 Å². The summed E-state index contributed by atoms with van der Waals surface area (Å²) in [5, 5.41) is 10.2. The third-order valence-corrected chi connectivity index (χ3v) is 2.19. The van der Waals surface area contributed by atoms with Gasteiger partial charge in [0.15, 0.2) is 5.69 Å². The van der Waals surface area contributed by atoms with E-state index in [0.29, 0.717) is 18.8 Å². The summed E-state index contributed by atoms with van der Waals surface area (Å²) in [4.78, 5) is 22.2. The van der Waals surface area contributed by atoms with E-state index < -0.39 is 5.97 Å². The normalized spacial score (nSPS) is 10.2. The Bertz CT molecular complexity index is 430. The number of hydrogen-bond acceptors (Lipinski definition) is 6. The summed E-state index contributed by atoms with van der Waals surface area (Å²) in [5.41, 5.74) is 0.650. The van der Waals surface area contributed by atoms with Crippen LogP contribution in [0.1, 0.15) is 23.1 Å². The monoisotopic (exact) mass is 256 g/mol. The van der Waals surface area contributed by atoms with Gasteiger partial charge in [0.25, 0.3) is 0 Å². The van der Waals surface area contributed by atoms with Crippen molar-refractivity contribution in [2.45, 2.75) is 20.1 Å². The molecule has 8 nitrogen and oxygen atoms in total. The molecule has 0 bridgehead atoms. The summed E-state index contributed by atoms with van der Waals surface area (Å²) in [5.74, 6) is -0.690. The Hall–Kier alpha value is -1.96. The van der Waals surface area contributed by atoms with E-state index in [2.05, 4.69) is 20.4 Å². The van der Waals surface area contributed by atoms with Gasteiger partial charge in [-0.05, 0) is 0 Å². The van der Waals surface area contributed by atoms with Crippen molar-refractivity contribution in [1.29, 1.82) is 0 Å². The zero-order valence-corrected chi connectivity index (χ0v) is 10.6. The van der Waals surface area contributed by atoms with Crippen molar-refractivity contribution in [3.05, 3.63) is 11.4 Å². The third kappa shape index (κ3) is 3.52. The molecule has 0 saturated heterocycles. The van der Waals surface area contributed by atoms with Crippen LogP contribution in [0.2, 0.25) is 0 Å². The van der Waals surface area contributed by atoms with E-state index in [4.69, 9.17) is 4.74 Å². The molecule has 0 aliphatic heterocycles. The fourth-order valence-electron chi connectivity index (χ4n) is 1.39. The highest BCUT2D eigenvalue weighted by atomic mass is 16.5. The van der Waals surface area contributed by atoms with E-state index in [1.165, 1.54) is 25.8 Å². The molecule has 1 aromatic heterocycles. The Morgan fingerprint density at radius 1 is 1.39 bits per heavy atom. The first-order chi connectivity index (χ1) is 8.60. The quantitative estimate of drug-likeness (QED) is 0.679. The van der Waals surface area contributed by atoms with Crippen molar-refractivity contribution in [2.75, 3.05) is 20.8 Å². The first-order valence-electron chi connectivity index (χ1n) is 5.34. The van der Waals surface area contributed by atoms with Gasteiger partial charge in [-0.2, -0.15) is 0 Å². The van der Waals surface area contributed by atoms with Crippen LogP contribution in [0, 0.1) is 0 Å². The number of nitrogens with one attached hydrogen (secondary N) is 1. The second kappa shape index (κ2) is 6.70. The molecule has 0 saturated carbocycles. The van der Waals surface area contributed by atoms with Crippen LogP contribution in [-0.4, -0.2) is 47.6 Å². The smallest absolute Gasteiger partial charge is 0.360 e. The maximum absolute atomic E-state index is 11.4. The zero-order chi connectivity index (χ0) is 13.5. The molecule has 1 aromatic rings. The van der Waals surface area contributed by atoms with Crippen molar-refractivity contribution in [3.63, 3.8) is 0 Å². The fraction of sp³-hybridized carbons (Fsp3) is 0.600. The molecule has 1 rings (SSSR count). The van der Waals surface area contributed by atoms with Gasteiger partial charge in [0.2, 0.25) is 5.91 Å². The average Bonchev–Trinajstić information content (AvgIpc) is 2.72. The molecule has 8 heteroatoms. The van der Waals surface area contributed by atoms with E-state index in [0.717, 1.165) is 0 Å². The Morgan fingerprint density at radius 2 is 2.11 bits per heavy atom. The van der Waals surface area contributed by atoms with Crippen LogP contribution in [0.4, 0.5) is 0 Å². The number of carbonyl (C=O) groups excluding carboxylic acids is 2. The second-order valence-corrected chi connectivity index (χ2v) is 3.52. The summed E-state index contributed by atoms with van der Waals surface area (Å²) in [6, 6.07) is 0. The summed E-state index contributed by atoms with van der Waals surface area (Å²) in [6.07, 6.45) is 0. The molecule has 1 heterocycles. The lowest BCUT2D eigenvalue weighted by molar-refractivity contribution is -0.119. The molecule has 0 aliphatic carbocycles. The summed E-state index contributed by atoms with van der Waals surface area (Å²) >= 11 is 0. The molecule has 0 atom stereocenters. The van der Waals surface area contributed by atoms with Gasteiger partial charge in [-0.25, -0.2) is 9.48 Å². The van der Waals surface area contributed by atoms with E-state index in [9.17, 15) is 9.59 Å². The Morgan fingerprint density at radius 3 is 2.67 bits per heavy atom. The van der Waals surface area contributed by atoms with Crippen molar-refractivity contribution in [1.82, 2.24) is 20.3 Å². The fourth-order valence-corrected chi connectivity index (χ4v) is 1.39. The van der Waals surface area contributed by atoms with Gasteiger partial charge in [0, 0.05) is 20.6 Å². The molecule has 1 amide bonds. The Kier molecular flexibility index (Phi) is 5.25. The van der Waals surface area contributed by atoms with Crippen LogP contribution in [-0.2, 0) is 27.4 Å². The van der Waals surface area contributed by atoms with Crippen LogP contribution in [0.25, 0.3) is 0 Å². The number of carbonyl (C=O) groups is 2. The predicted molar refractivity (Wildman–Crippen MR) is 60.8 cm³/mol. The summed E-state index contributed by atoms with van der Waals surface area (Å²) < 4.78 is 11.1. The second-order valence-electron chi connectivity index (χ2n) is 3.52. The molecule has 1 N–H and O–H groups in total. The number of methoxy groups -OCH3 is 2. The molecule has 0 unspecified atom stereocenters. The highest BCUT2D eigenvalue weighted by Gasteiger charge is 2.19. The number of hydrogen-bond donors (Lipinski definition) is 1. The van der Waals surface area contributed by atoms with E-state index in [-0.39, 0.29) is 18.2 Å². The SMILES string of the molecule is COCc1c(C(=O)OC)nnn1CCNC(C)=O. The number of aromatic nitrogens is 3. The van der Waals surface area contributed by atoms with Gasteiger partial charge < -0.3 is 14.8 Å². The molecule has 0 radical (unpaired) electrons. The van der Waals surface area contributed by atoms with Crippen LogP contribution < -0.4 is 5.32 Å². The molecule has 100 valence electrons. The first kappa shape index (κ1) is 14.1. The zero-order valence-electron chi connectivity index (χ0n) is 10.6. The van der Waals surface area contributed by atoms with Gasteiger partial charge in [0.05, 0.1) is 26.0 Å². The van der Waals surface area contributed by atoms with Crippen molar-refractivity contribution < 1.29 is 19.1 Å². The Balaban J connectivity index is 2.80. The topological polar surface area (TPSA) is 95.3 Å². The minimum absolute atomic E-state index is 0.127. The molecule has 0 aliphatic rings. The Labute approximate surface area is 104 Å². The number of amides is 1. The van der Waals surface area contributed by atoms with Gasteiger partial charge in [-0.15, -0.1) is 5.10 Å². The van der Waals surface area contributed by atoms with Crippen LogP contribution >= 0.6 is 0 Å². The summed E-state index contributed by atoms with van der Waals surface area (Å²) in [6.45, 7) is 2.42. The maximum atomic E-state index is 11.4. The molecule has 0 aromatic carbocycles. The highest BCUT2D eigenvalue weighted by Crippen LogP contribution is 2.08. The summed E-state index contributed by atoms with van der Waals surface area (Å²) in [7, 11) is 2.78. The van der Waals surface area contributed by atoms with Gasteiger partial charge >= 0.3 is 5.97 Å². The van der Waals surface area contributed by atoms with E-state index in [1.54, 1.807) is 0 Å². The standard InChI is InChI=1S/C10H16N4O4/c1-7(15)11-4-5-14-8(6-17-2)9(12-13-14)10(16)18-3/h4-6H2,1-3H3,(H,11,15). The molecule has 0 spiro atoms. The number of rotatable bonds is 6. The first-order valence-corrected chi connectivity index (χ1v) is 5.34. The van der Waals surface area contributed by atoms with Crippen LogP contribution in [0.15, 0.2) is 0 Å². The average molecular weight is 256 g/mol. The number of nitrogens with zero attached hydrogens (tertiary/aromatic N) is 3. The third-order valence-electron chi connectivity index (χ3n) is 2.19. The minimum atomic E-state index is -0.562. The van der Waals surface area contributed by atoms with Crippen molar-refractivity contribution in [3.8, 4) is 0 Å². The molecule has 0 fully saturated rings. The number of ether oxygens (including phenoxy) is 2. The molecular weight excluding hydrogens is 240 g/mol.